The molecule has 7 heavy (non-hydrogen) atoms. The molecule has 0 aromatic heterocycles. The molecule has 0 radical (unpaired) electrons. The molecule has 0 aliphatic heterocycles. The minimum Gasteiger partial charge on any atom is -0.513 e. The summed E-state index contributed by atoms with van der Waals surface area (Å²) >= 11 is 0. The second-order valence-corrected chi connectivity index (χ2v) is 1.59. The zero-order valence-corrected chi connectivity index (χ0v) is 11.6. The van der Waals surface area contributed by atoms with E-state index in [0.29, 0.717) is 5.76 Å². The Morgan fingerprint density at radius 2 is 1.29 bits per heavy atom. The Labute approximate surface area is 38.3 Å². The van der Waals surface area contributed by atoms with Gasteiger partial charge in [-0.05, 0) is 26.3 Å². The first-order chi connectivity index (χ1) is 2.64. The van der Waals surface area contributed by atoms with Crippen molar-refractivity contribution >= 4 is 0 Å². The maximum atomic E-state index is 8.51. The monoisotopic (exact) mass is 353 g/mol. The van der Waals surface area contributed by atoms with Crippen molar-refractivity contribution in [3.05, 3.63) is 11.3 Å². The van der Waals surface area contributed by atoms with Gasteiger partial charge in [-0.15, -0.1) is 0 Å². The molecule has 1 N–H and O–H groups in total. The van der Waals surface area contributed by atoms with Crippen molar-refractivity contribution in [2.24, 2.45) is 0 Å². The Hall–Kier alpha value is -1.46. The van der Waals surface area contributed by atoms with Gasteiger partial charge in [-0.3, -0.25) is 0 Å². The van der Waals surface area contributed by atoms with Gasteiger partial charge in [0.25, 0.3) is 0 Å². The summed E-state index contributed by atoms with van der Waals surface area (Å²) in [6.07, 6.45) is 0. The molecule has 1 nitrogen and oxygen atoms in total. The first kappa shape index (κ1) is 9.11. The zero-order chi connectivity index (χ0) is 5.15. The summed E-state index contributed by atoms with van der Waals surface area (Å²) < 4.78 is 0. The van der Waals surface area contributed by atoms with Crippen LogP contribution in [0.2, 0.25) is 0 Å². The summed E-state index contributed by atoms with van der Waals surface area (Å²) in [5, 5.41) is 8.51. The third kappa shape index (κ3) is 4.54. The van der Waals surface area contributed by atoms with E-state index < -0.39 is 0 Å². The van der Waals surface area contributed by atoms with Crippen LogP contribution < -0.4 is 0 Å². The number of allylic oxidation sites excluding steroid dienone is 2. The molecule has 0 aromatic carbocycles. The summed E-state index contributed by atoms with van der Waals surface area (Å²) in [6.45, 7) is 5.42. The van der Waals surface area contributed by atoms with E-state index in [4.69, 9.17) is 5.11 Å². The van der Waals surface area contributed by atoms with Gasteiger partial charge in [-0.25, -0.2) is 0 Å². The Bertz CT molecular complexity index is 58.1. The Kier molecular flexibility index (Phi) is 3.59. The fourth-order valence-corrected chi connectivity index (χ4v) is 0. The quantitative estimate of drug-likeness (QED) is 0.660. The maximum Gasteiger partial charge on any atom is 0.0878 e. The van der Waals surface area contributed by atoms with Gasteiger partial charge in [0.15, 0.2) is 0 Å². The predicted octanol–water partition coefficient (Wildman–Crippen LogP) is 1.86. The smallest absolute Gasteiger partial charge is 0.0878 e. The molecule has 0 rings (SSSR count). The SMILES string of the molecule is CC(C)=C(C)O.[Rf]. The topological polar surface area (TPSA) is 20.2 Å². The predicted molar refractivity (Wildman–Crippen MR) is 26.7 cm³/mol. The summed E-state index contributed by atoms with van der Waals surface area (Å²) in [5.41, 5.74) is 0.981. The molecule has 0 saturated heterocycles. The second-order valence-electron chi connectivity index (χ2n) is 1.59. The average molecular weight is 353 g/mol. The van der Waals surface area contributed by atoms with Crippen molar-refractivity contribution in [2.45, 2.75) is 20.8 Å². The first-order valence-corrected chi connectivity index (χ1v) is 1.97. The van der Waals surface area contributed by atoms with E-state index in [1.165, 1.54) is 0 Å². The van der Waals surface area contributed by atoms with Gasteiger partial charge in [0, 0.05) is 0 Å². The van der Waals surface area contributed by atoms with Gasteiger partial charge in [0.2, 0.25) is 0 Å². The van der Waals surface area contributed by atoms with E-state index >= 15 is 0 Å². The van der Waals surface area contributed by atoms with E-state index in [-0.39, 0.29) is 0 Å². The van der Waals surface area contributed by atoms with Gasteiger partial charge in [0.1, 0.15) is 0 Å². The second kappa shape index (κ2) is 2.76. The van der Waals surface area contributed by atoms with E-state index in [1.807, 2.05) is 13.8 Å². The van der Waals surface area contributed by atoms with Crippen LogP contribution in [0, 0.1) is 0 Å². The molecule has 0 bridgehead atoms. The van der Waals surface area contributed by atoms with Crippen LogP contribution in [0.4, 0.5) is 0 Å². The van der Waals surface area contributed by atoms with E-state index in [2.05, 4.69) is 0 Å². The Balaban J connectivity index is 0. The van der Waals surface area contributed by atoms with Gasteiger partial charge < -0.3 is 5.11 Å². The fraction of sp³-hybridized carbons (Fsp3) is 0.600. The molecule has 0 heterocycles. The van der Waals surface area contributed by atoms with Crippen LogP contribution in [0.3, 0.4) is 0 Å². The van der Waals surface area contributed by atoms with Crippen LogP contribution in [0.1, 0.15) is 20.8 Å². The van der Waals surface area contributed by atoms with E-state index in [9.17, 15) is 0 Å². The minimum absolute atomic E-state index is 0. The molecule has 0 amide bonds. The van der Waals surface area contributed by atoms with Crippen LogP contribution >= 0.6 is 0 Å². The standard InChI is InChI=1S/C5H10O.Rf/c1-4(2)5(3)6;/h6H,1-3H3;. The van der Waals surface area contributed by atoms with Crippen molar-refractivity contribution in [2.75, 3.05) is 0 Å². The first-order valence-electron chi connectivity index (χ1n) is 1.97. The van der Waals surface area contributed by atoms with Gasteiger partial charge in [-0.2, -0.15) is 0 Å². The molecule has 0 aliphatic carbocycles. The molecule has 0 saturated carbocycles. The molecule has 0 fully saturated rings. The number of hydrogen-bond acceptors (Lipinski definition) is 1. The largest absolute Gasteiger partial charge is 0.513 e. The molecule has 0 aliphatic rings. The van der Waals surface area contributed by atoms with Crippen LogP contribution in [-0.4, -0.2) is 5.11 Å². The number of rotatable bonds is 0. The third-order valence-electron chi connectivity index (χ3n) is 0.724. The van der Waals surface area contributed by atoms with Crippen molar-refractivity contribution in [3.63, 3.8) is 0 Å². The Morgan fingerprint density at radius 1 is 1.14 bits per heavy atom. The van der Waals surface area contributed by atoms with Crippen LogP contribution in [0.15, 0.2) is 11.3 Å². The molecular weight excluding hydrogens is 343 g/mol. The summed E-state index contributed by atoms with van der Waals surface area (Å²) in [6, 6.07) is 0. The van der Waals surface area contributed by atoms with Crippen molar-refractivity contribution < 1.29 is 5.11 Å². The van der Waals surface area contributed by atoms with Gasteiger partial charge >= 0.3 is 0 Å². The van der Waals surface area contributed by atoms with Crippen LogP contribution in [0.25, 0.3) is 0 Å². The molecule has 2 heteroatoms. The molecule has 0 atom stereocenters. The average Bonchev–Trinajstić information content (AvgIpc) is 1.36. The number of aliphatic hydroxyl groups is 1. The summed E-state index contributed by atoms with van der Waals surface area (Å²) in [7, 11) is 0. The Morgan fingerprint density at radius 3 is 1.29 bits per heavy atom. The molecule has 0 unspecified atom stereocenters. The van der Waals surface area contributed by atoms with Crippen molar-refractivity contribution in [1.82, 2.24) is 0 Å². The normalized spacial score (nSPS) is 6.71. The molecule has 0 spiro atoms. The summed E-state index contributed by atoms with van der Waals surface area (Å²) in [4.78, 5) is 0. The molecule has 38 valence electrons. The third-order valence-corrected chi connectivity index (χ3v) is 0.724. The minimum atomic E-state index is 0. The van der Waals surface area contributed by atoms with Crippen molar-refractivity contribution in [1.29, 1.82) is 0 Å². The number of hydrogen-bond donors (Lipinski definition) is 1. The maximum absolute atomic E-state index is 8.51. The van der Waals surface area contributed by atoms with Crippen molar-refractivity contribution in [3.8, 4) is 0 Å². The van der Waals surface area contributed by atoms with Gasteiger partial charge in [0.05, 0.1) is 5.76 Å². The molecular formula is C5H10ORf. The zero-order valence-electron chi connectivity index (χ0n) is 5.15. The molecule has 0 aromatic rings. The van der Waals surface area contributed by atoms with E-state index in [0.717, 1.165) is 5.57 Å². The number of aliphatic hydroxyl groups excluding tert-OH is 1. The van der Waals surface area contributed by atoms with E-state index in [1.54, 1.807) is 6.92 Å². The van der Waals surface area contributed by atoms with Crippen LogP contribution in [0.5, 0.6) is 0 Å². The van der Waals surface area contributed by atoms with Gasteiger partial charge in [-0.1, -0.05) is 0 Å². The summed E-state index contributed by atoms with van der Waals surface area (Å²) in [5.74, 6) is 0.426. The van der Waals surface area contributed by atoms with Crippen LogP contribution in [-0.2, 0) is 0 Å². The fourth-order valence-electron chi connectivity index (χ4n) is 0.